The van der Waals surface area contributed by atoms with E-state index in [0.29, 0.717) is 5.92 Å². The summed E-state index contributed by atoms with van der Waals surface area (Å²) < 4.78 is 38.1. The third-order valence-electron chi connectivity index (χ3n) is 3.29. The summed E-state index contributed by atoms with van der Waals surface area (Å²) >= 11 is 0. The third-order valence-corrected chi connectivity index (χ3v) is 3.29. The maximum Gasteiger partial charge on any atom is 0.433 e. The molecular formula is C12H17F3N4. The Kier molecular flexibility index (Phi) is 3.82. The van der Waals surface area contributed by atoms with Gasteiger partial charge in [-0.2, -0.15) is 18.2 Å². The quantitative estimate of drug-likeness (QED) is 0.889. The topological polar surface area (TPSA) is 49.8 Å². The lowest BCUT2D eigenvalue weighted by Crippen LogP contribution is -2.19. The molecule has 1 aliphatic rings. The van der Waals surface area contributed by atoms with E-state index < -0.39 is 11.9 Å². The molecule has 7 heteroatoms. The van der Waals surface area contributed by atoms with Crippen molar-refractivity contribution in [1.29, 1.82) is 0 Å². The number of alkyl halides is 3. The van der Waals surface area contributed by atoms with Crippen molar-refractivity contribution in [2.24, 2.45) is 5.92 Å². The van der Waals surface area contributed by atoms with Crippen molar-refractivity contribution in [2.75, 3.05) is 17.7 Å². The molecule has 2 atom stereocenters. The highest BCUT2D eigenvalue weighted by molar-refractivity contribution is 5.43. The van der Waals surface area contributed by atoms with Gasteiger partial charge in [-0.3, -0.25) is 0 Å². The molecule has 0 spiro atoms. The lowest BCUT2D eigenvalue weighted by atomic mass is 10.1. The molecule has 0 aromatic carbocycles. The maximum absolute atomic E-state index is 12.7. The number of hydrogen-bond acceptors (Lipinski definition) is 4. The first-order chi connectivity index (χ1) is 8.88. The SMILES string of the molecule is CNc1nc(NC2CCC(C)C2)cc(C(F)(F)F)n1. The summed E-state index contributed by atoms with van der Waals surface area (Å²) in [5.41, 5.74) is -0.930. The fraction of sp³-hybridized carbons (Fsp3) is 0.667. The molecule has 2 N–H and O–H groups in total. The lowest BCUT2D eigenvalue weighted by molar-refractivity contribution is -0.141. The Labute approximate surface area is 109 Å². The van der Waals surface area contributed by atoms with E-state index in [-0.39, 0.29) is 17.8 Å². The van der Waals surface area contributed by atoms with Crippen LogP contribution in [0.4, 0.5) is 24.9 Å². The first-order valence-electron chi connectivity index (χ1n) is 6.29. The number of nitrogens with zero attached hydrogens (tertiary/aromatic N) is 2. The molecule has 1 saturated carbocycles. The second kappa shape index (κ2) is 5.22. The van der Waals surface area contributed by atoms with Crippen LogP contribution >= 0.6 is 0 Å². The Morgan fingerprint density at radius 3 is 2.53 bits per heavy atom. The lowest BCUT2D eigenvalue weighted by Gasteiger charge is -2.15. The van der Waals surface area contributed by atoms with Crippen molar-refractivity contribution in [3.8, 4) is 0 Å². The molecule has 1 aromatic rings. The molecule has 0 radical (unpaired) electrons. The van der Waals surface area contributed by atoms with Gasteiger partial charge in [-0.1, -0.05) is 6.92 Å². The van der Waals surface area contributed by atoms with Crippen LogP contribution in [0.3, 0.4) is 0 Å². The summed E-state index contributed by atoms with van der Waals surface area (Å²) in [6, 6.07) is 1.15. The summed E-state index contributed by atoms with van der Waals surface area (Å²) in [5.74, 6) is 0.805. The fourth-order valence-corrected chi connectivity index (χ4v) is 2.33. The smallest absolute Gasteiger partial charge is 0.367 e. The molecule has 4 nitrogen and oxygen atoms in total. The minimum Gasteiger partial charge on any atom is -0.367 e. The Bertz CT molecular complexity index is 447. The standard InChI is InChI=1S/C12H17F3N4/c1-7-3-4-8(5-7)17-10-6-9(12(13,14)15)18-11(16-2)19-10/h6-8H,3-5H2,1-2H3,(H2,16,17,18,19). The number of anilines is 2. The minimum atomic E-state index is -4.46. The van der Waals surface area contributed by atoms with Gasteiger partial charge in [0.15, 0.2) is 5.69 Å². The zero-order chi connectivity index (χ0) is 14.0. The molecule has 1 aliphatic carbocycles. The third kappa shape index (κ3) is 3.48. The van der Waals surface area contributed by atoms with Crippen LogP contribution in [0.5, 0.6) is 0 Å². The van der Waals surface area contributed by atoms with Crippen LogP contribution in [0.1, 0.15) is 31.9 Å². The van der Waals surface area contributed by atoms with E-state index in [0.717, 1.165) is 25.3 Å². The monoisotopic (exact) mass is 274 g/mol. The van der Waals surface area contributed by atoms with Gasteiger partial charge in [-0.05, 0) is 25.2 Å². The van der Waals surface area contributed by atoms with Gasteiger partial charge in [0, 0.05) is 19.2 Å². The van der Waals surface area contributed by atoms with Gasteiger partial charge < -0.3 is 10.6 Å². The molecule has 2 unspecified atom stereocenters. The van der Waals surface area contributed by atoms with Gasteiger partial charge in [0.2, 0.25) is 5.95 Å². The van der Waals surface area contributed by atoms with E-state index in [2.05, 4.69) is 27.5 Å². The maximum atomic E-state index is 12.7. The van der Waals surface area contributed by atoms with Crippen LogP contribution in [0.15, 0.2) is 6.07 Å². The van der Waals surface area contributed by atoms with E-state index in [9.17, 15) is 13.2 Å². The molecule has 2 rings (SSSR count). The second-order valence-corrected chi connectivity index (χ2v) is 4.97. The molecule has 106 valence electrons. The summed E-state index contributed by atoms with van der Waals surface area (Å²) in [6.45, 7) is 2.14. The van der Waals surface area contributed by atoms with E-state index >= 15 is 0 Å². The molecule has 0 bridgehead atoms. The fourth-order valence-electron chi connectivity index (χ4n) is 2.33. The first-order valence-corrected chi connectivity index (χ1v) is 6.29. The number of halogens is 3. The van der Waals surface area contributed by atoms with Crippen LogP contribution in [0, 0.1) is 5.92 Å². The largest absolute Gasteiger partial charge is 0.433 e. The van der Waals surface area contributed by atoms with Gasteiger partial charge in [0.05, 0.1) is 0 Å². The Morgan fingerprint density at radius 2 is 2.00 bits per heavy atom. The van der Waals surface area contributed by atoms with Crippen molar-refractivity contribution in [3.05, 3.63) is 11.8 Å². The number of hydrogen-bond donors (Lipinski definition) is 2. The molecule has 0 amide bonds. The summed E-state index contributed by atoms with van der Waals surface area (Å²) in [7, 11) is 1.50. The number of aromatic nitrogens is 2. The van der Waals surface area contributed by atoms with Crippen molar-refractivity contribution in [1.82, 2.24) is 9.97 Å². The van der Waals surface area contributed by atoms with E-state index in [1.54, 1.807) is 0 Å². The minimum absolute atomic E-state index is 0.0247. The average Bonchev–Trinajstić information content (AvgIpc) is 2.73. The van der Waals surface area contributed by atoms with Crippen LogP contribution < -0.4 is 10.6 Å². The molecule has 1 aromatic heterocycles. The molecule has 1 heterocycles. The summed E-state index contributed by atoms with van der Waals surface area (Å²) in [6.07, 6.45) is -1.46. The molecular weight excluding hydrogens is 257 g/mol. The normalized spacial score (nSPS) is 23.4. The number of rotatable bonds is 3. The Morgan fingerprint density at radius 1 is 1.26 bits per heavy atom. The van der Waals surface area contributed by atoms with E-state index in [1.165, 1.54) is 7.05 Å². The van der Waals surface area contributed by atoms with Gasteiger partial charge in [-0.15, -0.1) is 0 Å². The average molecular weight is 274 g/mol. The zero-order valence-electron chi connectivity index (χ0n) is 10.9. The predicted octanol–water partition coefficient (Wildman–Crippen LogP) is 3.14. The first kappa shape index (κ1) is 13.9. The second-order valence-electron chi connectivity index (χ2n) is 4.97. The Balaban J connectivity index is 2.20. The summed E-state index contributed by atoms with van der Waals surface area (Å²) in [4.78, 5) is 7.45. The summed E-state index contributed by atoms with van der Waals surface area (Å²) in [5, 5.41) is 5.62. The van der Waals surface area contributed by atoms with Crippen LogP contribution in [-0.4, -0.2) is 23.1 Å². The van der Waals surface area contributed by atoms with Gasteiger partial charge in [-0.25, -0.2) is 4.98 Å². The zero-order valence-corrected chi connectivity index (χ0v) is 10.9. The Hall–Kier alpha value is -1.53. The predicted molar refractivity (Wildman–Crippen MR) is 67.0 cm³/mol. The van der Waals surface area contributed by atoms with Crippen LogP contribution in [-0.2, 0) is 6.18 Å². The highest BCUT2D eigenvalue weighted by atomic mass is 19.4. The van der Waals surface area contributed by atoms with Gasteiger partial charge in [0.25, 0.3) is 0 Å². The van der Waals surface area contributed by atoms with Crippen molar-refractivity contribution in [3.63, 3.8) is 0 Å². The van der Waals surface area contributed by atoms with Crippen molar-refractivity contribution < 1.29 is 13.2 Å². The van der Waals surface area contributed by atoms with Gasteiger partial charge in [0.1, 0.15) is 5.82 Å². The highest BCUT2D eigenvalue weighted by Crippen LogP contribution is 2.31. The van der Waals surface area contributed by atoms with E-state index in [1.807, 2.05) is 0 Å². The van der Waals surface area contributed by atoms with Crippen molar-refractivity contribution in [2.45, 2.75) is 38.4 Å². The van der Waals surface area contributed by atoms with E-state index in [4.69, 9.17) is 0 Å². The molecule has 0 aliphatic heterocycles. The van der Waals surface area contributed by atoms with Crippen LogP contribution in [0.25, 0.3) is 0 Å². The molecule has 0 saturated heterocycles. The highest BCUT2D eigenvalue weighted by Gasteiger charge is 2.34. The molecule has 19 heavy (non-hydrogen) atoms. The van der Waals surface area contributed by atoms with Crippen molar-refractivity contribution >= 4 is 11.8 Å². The molecule has 1 fully saturated rings. The number of nitrogens with one attached hydrogen (secondary N) is 2. The van der Waals surface area contributed by atoms with Crippen LogP contribution in [0.2, 0.25) is 0 Å². The van der Waals surface area contributed by atoms with Gasteiger partial charge >= 0.3 is 6.18 Å².